The number of amides is 2. The molecule has 2 atom stereocenters. The molecule has 0 radical (unpaired) electrons. The second-order valence-electron chi connectivity index (χ2n) is 10.3. The largest absolute Gasteiger partial charge is 0.480 e. The van der Waals surface area contributed by atoms with Gasteiger partial charge >= 0.3 is 12.1 Å². The van der Waals surface area contributed by atoms with E-state index in [0.717, 1.165) is 35.1 Å². The quantitative estimate of drug-likeness (QED) is 0.540. The molecule has 0 saturated heterocycles. The molecule has 1 unspecified atom stereocenters. The Balaban J connectivity index is 1.42. The first-order valence-electron chi connectivity index (χ1n) is 11.8. The molecule has 2 aromatic rings. The fourth-order valence-corrected chi connectivity index (χ4v) is 4.60. The summed E-state index contributed by atoms with van der Waals surface area (Å²) in [4.78, 5) is 37.4. The molecule has 0 bridgehead atoms. The van der Waals surface area contributed by atoms with Gasteiger partial charge in [0.25, 0.3) is 0 Å². The number of aliphatic carboxylic acids is 1. The van der Waals surface area contributed by atoms with Crippen LogP contribution in [0.2, 0.25) is 0 Å². The molecule has 1 saturated carbocycles. The molecule has 1 fully saturated rings. The molecule has 4 rings (SSSR count). The lowest BCUT2D eigenvalue weighted by Gasteiger charge is -2.31. The van der Waals surface area contributed by atoms with Gasteiger partial charge in [-0.1, -0.05) is 82.1 Å². The van der Waals surface area contributed by atoms with Crippen LogP contribution >= 0.6 is 0 Å². The van der Waals surface area contributed by atoms with Gasteiger partial charge in [-0.05, 0) is 40.0 Å². The van der Waals surface area contributed by atoms with E-state index in [1.165, 1.54) is 0 Å². The monoisotopic (exact) mass is 464 g/mol. The van der Waals surface area contributed by atoms with Crippen molar-refractivity contribution in [3.05, 3.63) is 59.7 Å². The Morgan fingerprint density at radius 2 is 1.53 bits per heavy atom. The van der Waals surface area contributed by atoms with Gasteiger partial charge in [-0.2, -0.15) is 0 Å². The lowest BCUT2D eigenvalue weighted by molar-refractivity contribution is -0.142. The SMILES string of the molecule is CC(C)(C)[C@H](NC(=O)OCC1c2ccccc2-c2ccccc21)C(=O)NC(CC1CC1)C(=O)O. The van der Waals surface area contributed by atoms with Gasteiger partial charge in [0.05, 0.1) is 0 Å². The molecule has 3 N–H and O–H groups in total. The van der Waals surface area contributed by atoms with E-state index in [0.29, 0.717) is 12.3 Å². The van der Waals surface area contributed by atoms with Gasteiger partial charge in [-0.25, -0.2) is 9.59 Å². The first-order valence-corrected chi connectivity index (χ1v) is 11.8. The molecule has 0 heterocycles. The van der Waals surface area contributed by atoms with Gasteiger partial charge in [-0.3, -0.25) is 4.79 Å². The van der Waals surface area contributed by atoms with E-state index in [1.54, 1.807) is 0 Å². The van der Waals surface area contributed by atoms with E-state index in [-0.39, 0.29) is 12.5 Å². The normalized spacial score (nSPS) is 16.7. The fraction of sp³-hybridized carbons (Fsp3) is 0.444. The Bertz CT molecular complexity index is 1040. The minimum absolute atomic E-state index is 0.0880. The van der Waals surface area contributed by atoms with Crippen LogP contribution < -0.4 is 10.6 Å². The number of carbonyl (C=O) groups excluding carboxylic acids is 2. The Morgan fingerprint density at radius 1 is 0.971 bits per heavy atom. The number of carboxylic acid groups (broad SMARTS) is 1. The zero-order valence-electron chi connectivity index (χ0n) is 19.8. The van der Waals surface area contributed by atoms with Gasteiger partial charge in [0.2, 0.25) is 5.91 Å². The number of rotatable bonds is 8. The molecule has 2 aliphatic rings. The highest BCUT2D eigenvalue weighted by Crippen LogP contribution is 2.44. The molecule has 2 amide bonds. The van der Waals surface area contributed by atoms with Crippen LogP contribution in [0.5, 0.6) is 0 Å². The molecule has 0 spiro atoms. The summed E-state index contributed by atoms with van der Waals surface area (Å²) < 4.78 is 5.60. The highest BCUT2D eigenvalue weighted by atomic mass is 16.5. The predicted molar refractivity (Wildman–Crippen MR) is 128 cm³/mol. The maximum absolute atomic E-state index is 13.0. The second kappa shape index (κ2) is 9.49. The third kappa shape index (κ3) is 5.24. The zero-order chi connectivity index (χ0) is 24.5. The highest BCUT2D eigenvalue weighted by molar-refractivity contribution is 5.90. The minimum Gasteiger partial charge on any atom is -0.480 e. The summed E-state index contributed by atoms with van der Waals surface area (Å²) in [6, 6.07) is 14.2. The number of benzene rings is 2. The minimum atomic E-state index is -1.06. The molecule has 2 aliphatic carbocycles. The van der Waals surface area contributed by atoms with Crippen LogP contribution in [0.1, 0.15) is 57.1 Å². The number of carbonyl (C=O) groups is 3. The Hall–Kier alpha value is -3.35. The van der Waals surface area contributed by atoms with Crippen molar-refractivity contribution in [3.63, 3.8) is 0 Å². The van der Waals surface area contributed by atoms with Crippen molar-refractivity contribution in [1.82, 2.24) is 10.6 Å². The summed E-state index contributed by atoms with van der Waals surface area (Å²) in [7, 11) is 0. The number of carboxylic acids is 1. The van der Waals surface area contributed by atoms with E-state index >= 15 is 0 Å². The van der Waals surface area contributed by atoms with Crippen LogP contribution in [0.25, 0.3) is 11.1 Å². The van der Waals surface area contributed by atoms with E-state index in [2.05, 4.69) is 22.8 Å². The Labute approximate surface area is 199 Å². The van der Waals surface area contributed by atoms with Gasteiger partial charge in [0, 0.05) is 5.92 Å². The number of hydrogen-bond acceptors (Lipinski definition) is 4. The summed E-state index contributed by atoms with van der Waals surface area (Å²) in [5.41, 5.74) is 3.83. The summed E-state index contributed by atoms with van der Waals surface area (Å²) in [5, 5.41) is 14.8. The standard InChI is InChI=1S/C27H32N2O5/c1-27(2,3)23(24(30)28-22(25(31)32)14-16-12-13-16)29-26(33)34-15-21-19-10-6-4-8-17(19)18-9-5-7-11-20(18)21/h4-11,16,21-23H,12-15H2,1-3H3,(H,28,30)(H,29,33)(H,31,32)/t22?,23-/m1/s1. The van der Waals surface area contributed by atoms with Crippen LogP contribution in [0, 0.1) is 11.3 Å². The molecule has 0 aromatic heterocycles. The molecule has 7 heteroatoms. The molecule has 0 aliphatic heterocycles. The van der Waals surface area contributed by atoms with Crippen LogP contribution in [0.3, 0.4) is 0 Å². The first kappa shape index (κ1) is 23.8. The van der Waals surface area contributed by atoms with Gasteiger partial charge in [0.1, 0.15) is 18.7 Å². The van der Waals surface area contributed by atoms with Crippen molar-refractivity contribution in [2.75, 3.05) is 6.61 Å². The van der Waals surface area contributed by atoms with Crippen LogP contribution in [0.15, 0.2) is 48.5 Å². The van der Waals surface area contributed by atoms with E-state index in [4.69, 9.17) is 4.74 Å². The second-order valence-corrected chi connectivity index (χ2v) is 10.3. The predicted octanol–water partition coefficient (Wildman–Crippen LogP) is 4.31. The summed E-state index contributed by atoms with van der Waals surface area (Å²) in [5.74, 6) is -1.33. The molecular formula is C27H32N2O5. The van der Waals surface area contributed by atoms with E-state index in [1.807, 2.05) is 57.2 Å². The van der Waals surface area contributed by atoms with Crippen LogP contribution in [0.4, 0.5) is 4.79 Å². The van der Waals surface area contributed by atoms with Crippen molar-refractivity contribution >= 4 is 18.0 Å². The number of nitrogens with one attached hydrogen (secondary N) is 2. The van der Waals surface area contributed by atoms with Gasteiger partial charge in [-0.15, -0.1) is 0 Å². The van der Waals surface area contributed by atoms with Crippen molar-refractivity contribution in [2.24, 2.45) is 11.3 Å². The molecule has 2 aromatic carbocycles. The summed E-state index contributed by atoms with van der Waals surface area (Å²) >= 11 is 0. The number of ether oxygens (including phenoxy) is 1. The average Bonchev–Trinajstić information content (AvgIpc) is 3.55. The topological polar surface area (TPSA) is 105 Å². The number of alkyl carbamates (subject to hydrolysis) is 1. The lowest BCUT2D eigenvalue weighted by Crippen LogP contribution is -2.56. The molecule has 7 nitrogen and oxygen atoms in total. The Kier molecular flexibility index (Phi) is 6.64. The van der Waals surface area contributed by atoms with Crippen molar-refractivity contribution in [1.29, 1.82) is 0 Å². The van der Waals surface area contributed by atoms with Crippen molar-refractivity contribution < 1.29 is 24.2 Å². The van der Waals surface area contributed by atoms with Crippen molar-refractivity contribution in [3.8, 4) is 11.1 Å². The highest BCUT2D eigenvalue weighted by Gasteiger charge is 2.37. The third-order valence-corrected chi connectivity index (χ3v) is 6.61. The van der Waals surface area contributed by atoms with Crippen LogP contribution in [-0.4, -0.2) is 41.8 Å². The van der Waals surface area contributed by atoms with Gasteiger partial charge < -0.3 is 20.5 Å². The maximum Gasteiger partial charge on any atom is 0.407 e. The summed E-state index contributed by atoms with van der Waals surface area (Å²) in [6.07, 6.45) is 1.68. The smallest absolute Gasteiger partial charge is 0.407 e. The average molecular weight is 465 g/mol. The fourth-order valence-electron chi connectivity index (χ4n) is 4.60. The number of hydrogen-bond donors (Lipinski definition) is 3. The summed E-state index contributed by atoms with van der Waals surface area (Å²) in [6.45, 7) is 5.59. The lowest BCUT2D eigenvalue weighted by atomic mass is 9.86. The number of fused-ring (bicyclic) bond motifs is 3. The van der Waals surface area contributed by atoms with Crippen LogP contribution in [-0.2, 0) is 14.3 Å². The maximum atomic E-state index is 13.0. The first-order chi connectivity index (χ1) is 16.1. The van der Waals surface area contributed by atoms with E-state index in [9.17, 15) is 19.5 Å². The third-order valence-electron chi connectivity index (χ3n) is 6.61. The van der Waals surface area contributed by atoms with E-state index < -0.39 is 35.5 Å². The molecule has 34 heavy (non-hydrogen) atoms. The zero-order valence-corrected chi connectivity index (χ0v) is 19.8. The van der Waals surface area contributed by atoms with Crippen molar-refractivity contribution in [2.45, 2.75) is 58.0 Å². The van der Waals surface area contributed by atoms with Gasteiger partial charge in [0.15, 0.2) is 0 Å². The Morgan fingerprint density at radius 3 is 2.03 bits per heavy atom. The molecule has 180 valence electrons. The molecular weight excluding hydrogens is 432 g/mol.